The van der Waals surface area contributed by atoms with Crippen LogP contribution < -0.4 is 5.32 Å². The van der Waals surface area contributed by atoms with Gasteiger partial charge in [-0.15, -0.1) is 0 Å². The Kier molecular flexibility index (Phi) is 6.62. The number of rotatable bonds is 7. The van der Waals surface area contributed by atoms with Crippen LogP contribution >= 0.6 is 0 Å². The predicted molar refractivity (Wildman–Crippen MR) is 75.4 cm³/mol. The molecule has 0 radical (unpaired) electrons. The summed E-state index contributed by atoms with van der Waals surface area (Å²) in [5.74, 6) is -0.785. The second-order valence-electron chi connectivity index (χ2n) is 4.82. The van der Waals surface area contributed by atoms with Gasteiger partial charge >= 0.3 is 0 Å². The van der Waals surface area contributed by atoms with Crippen LogP contribution in [0, 0.1) is 17.2 Å². The normalized spacial score (nSPS) is 11.9. The lowest BCUT2D eigenvalue weighted by Crippen LogP contribution is -2.33. The van der Waals surface area contributed by atoms with Crippen LogP contribution in [0.3, 0.4) is 0 Å². The molecule has 1 atom stereocenters. The molecule has 1 amide bonds. The van der Waals surface area contributed by atoms with Crippen molar-refractivity contribution in [2.45, 2.75) is 12.8 Å². The van der Waals surface area contributed by atoms with Gasteiger partial charge in [-0.25, -0.2) is 0 Å². The van der Waals surface area contributed by atoms with E-state index in [0.717, 1.165) is 18.5 Å². The lowest BCUT2D eigenvalue weighted by molar-refractivity contribution is -0.123. The Labute approximate surface area is 115 Å². The number of carbonyl (C=O) groups is 1. The number of hydrogen-bond acceptors (Lipinski definition) is 3. The predicted octanol–water partition coefficient (Wildman–Crippen LogP) is 1.44. The molecule has 0 aliphatic heterocycles. The van der Waals surface area contributed by atoms with Gasteiger partial charge in [0, 0.05) is 6.54 Å². The molecular weight excluding hydrogens is 238 g/mol. The quantitative estimate of drug-likeness (QED) is 0.754. The molecule has 1 aromatic rings. The fraction of sp³-hybridized carbons (Fsp3) is 0.467. The van der Waals surface area contributed by atoms with Crippen molar-refractivity contribution >= 4 is 5.91 Å². The molecule has 1 unspecified atom stereocenters. The highest BCUT2D eigenvalue weighted by Crippen LogP contribution is 2.08. The Bertz CT molecular complexity index is 423. The van der Waals surface area contributed by atoms with Gasteiger partial charge in [0.2, 0.25) is 5.91 Å². The van der Waals surface area contributed by atoms with Gasteiger partial charge in [0.15, 0.2) is 0 Å². The van der Waals surface area contributed by atoms with Gasteiger partial charge in [-0.05, 0) is 39.0 Å². The van der Waals surface area contributed by atoms with E-state index in [1.807, 2.05) is 44.4 Å². The lowest BCUT2D eigenvalue weighted by Gasteiger charge is -2.12. The molecule has 19 heavy (non-hydrogen) atoms. The monoisotopic (exact) mass is 259 g/mol. The van der Waals surface area contributed by atoms with Crippen LogP contribution in [0.15, 0.2) is 30.3 Å². The van der Waals surface area contributed by atoms with E-state index in [-0.39, 0.29) is 5.91 Å². The van der Waals surface area contributed by atoms with Gasteiger partial charge in [0.05, 0.1) is 6.07 Å². The molecule has 102 valence electrons. The highest BCUT2D eigenvalue weighted by Gasteiger charge is 2.17. The third-order valence-electron chi connectivity index (χ3n) is 2.84. The van der Waals surface area contributed by atoms with E-state index in [0.29, 0.717) is 13.0 Å². The van der Waals surface area contributed by atoms with Crippen LogP contribution in [0.1, 0.15) is 12.0 Å². The van der Waals surface area contributed by atoms with Crippen LogP contribution in [-0.2, 0) is 11.2 Å². The molecule has 4 nitrogen and oxygen atoms in total. The molecule has 1 rings (SSSR count). The van der Waals surface area contributed by atoms with Crippen LogP contribution in [0.4, 0.5) is 0 Å². The van der Waals surface area contributed by atoms with E-state index < -0.39 is 5.92 Å². The van der Waals surface area contributed by atoms with Crippen molar-refractivity contribution in [1.29, 1.82) is 5.26 Å². The summed E-state index contributed by atoms with van der Waals surface area (Å²) in [5.41, 5.74) is 1.01. The van der Waals surface area contributed by atoms with Gasteiger partial charge < -0.3 is 10.2 Å². The molecule has 0 saturated carbocycles. The summed E-state index contributed by atoms with van der Waals surface area (Å²) in [7, 11) is 3.99. The van der Waals surface area contributed by atoms with Crippen LogP contribution in [-0.4, -0.2) is 38.0 Å². The maximum atomic E-state index is 11.9. The number of nitriles is 1. The molecule has 0 aromatic heterocycles. The van der Waals surface area contributed by atoms with Crippen molar-refractivity contribution in [2.24, 2.45) is 5.92 Å². The van der Waals surface area contributed by atoms with E-state index in [2.05, 4.69) is 16.3 Å². The van der Waals surface area contributed by atoms with Gasteiger partial charge in [0.25, 0.3) is 0 Å². The molecule has 4 heteroatoms. The maximum absolute atomic E-state index is 11.9. The topological polar surface area (TPSA) is 56.1 Å². The number of nitrogens with zero attached hydrogens (tertiary/aromatic N) is 2. The van der Waals surface area contributed by atoms with Gasteiger partial charge in [-0.3, -0.25) is 4.79 Å². The first kappa shape index (κ1) is 15.2. The minimum atomic E-state index is -0.609. The van der Waals surface area contributed by atoms with Crippen molar-refractivity contribution in [2.75, 3.05) is 27.2 Å². The number of nitrogens with one attached hydrogen (secondary N) is 1. The number of benzene rings is 1. The summed E-state index contributed by atoms with van der Waals surface area (Å²) in [4.78, 5) is 13.9. The van der Waals surface area contributed by atoms with Gasteiger partial charge in [0.1, 0.15) is 5.92 Å². The molecule has 1 aromatic carbocycles. The highest BCUT2D eigenvalue weighted by molar-refractivity contribution is 5.81. The van der Waals surface area contributed by atoms with Crippen molar-refractivity contribution in [3.05, 3.63) is 35.9 Å². The van der Waals surface area contributed by atoms with Gasteiger partial charge in [-0.1, -0.05) is 30.3 Å². The molecule has 0 fully saturated rings. The Balaban J connectivity index is 2.38. The SMILES string of the molecule is CN(C)CCCNC(=O)C(C#N)Cc1ccccc1. The van der Waals surface area contributed by atoms with Gasteiger partial charge in [-0.2, -0.15) is 5.26 Å². The Morgan fingerprint density at radius 2 is 2.05 bits per heavy atom. The third kappa shape index (κ3) is 6.03. The smallest absolute Gasteiger partial charge is 0.237 e. The minimum absolute atomic E-state index is 0.176. The van der Waals surface area contributed by atoms with Crippen molar-refractivity contribution in [3.8, 4) is 6.07 Å². The zero-order chi connectivity index (χ0) is 14.1. The summed E-state index contributed by atoms with van der Waals surface area (Å²) in [5, 5.41) is 11.9. The first-order chi connectivity index (χ1) is 9.13. The third-order valence-corrected chi connectivity index (χ3v) is 2.84. The minimum Gasteiger partial charge on any atom is -0.355 e. The molecule has 0 heterocycles. The Hall–Kier alpha value is -1.86. The van der Waals surface area contributed by atoms with E-state index in [4.69, 9.17) is 5.26 Å². The second-order valence-corrected chi connectivity index (χ2v) is 4.82. The molecular formula is C15H21N3O. The van der Waals surface area contributed by atoms with E-state index in [1.165, 1.54) is 0 Å². The molecule has 0 aliphatic rings. The average Bonchev–Trinajstić information content (AvgIpc) is 2.41. The number of carbonyl (C=O) groups excluding carboxylic acids is 1. The first-order valence-electron chi connectivity index (χ1n) is 6.49. The van der Waals surface area contributed by atoms with E-state index >= 15 is 0 Å². The summed E-state index contributed by atoms with van der Waals surface area (Å²) in [6, 6.07) is 11.7. The standard InChI is InChI=1S/C15H21N3O/c1-18(2)10-6-9-17-15(19)14(12-16)11-13-7-4-3-5-8-13/h3-5,7-8,14H,6,9-11H2,1-2H3,(H,17,19). The summed E-state index contributed by atoms with van der Waals surface area (Å²) in [6.07, 6.45) is 1.36. The molecule has 1 N–H and O–H groups in total. The maximum Gasteiger partial charge on any atom is 0.237 e. The van der Waals surface area contributed by atoms with E-state index in [9.17, 15) is 4.79 Å². The number of amides is 1. The molecule has 0 bridgehead atoms. The fourth-order valence-corrected chi connectivity index (χ4v) is 1.78. The first-order valence-corrected chi connectivity index (χ1v) is 6.49. The number of hydrogen-bond donors (Lipinski definition) is 1. The average molecular weight is 259 g/mol. The van der Waals surface area contributed by atoms with Crippen LogP contribution in [0.25, 0.3) is 0 Å². The van der Waals surface area contributed by atoms with Crippen LogP contribution in [0.2, 0.25) is 0 Å². The summed E-state index contributed by atoms with van der Waals surface area (Å²) >= 11 is 0. The van der Waals surface area contributed by atoms with Crippen molar-refractivity contribution in [1.82, 2.24) is 10.2 Å². The van der Waals surface area contributed by atoms with Crippen LogP contribution in [0.5, 0.6) is 0 Å². The molecule has 0 aliphatic carbocycles. The lowest BCUT2D eigenvalue weighted by atomic mass is 10.00. The fourth-order valence-electron chi connectivity index (χ4n) is 1.78. The second kappa shape index (κ2) is 8.28. The molecule has 0 saturated heterocycles. The van der Waals surface area contributed by atoms with E-state index in [1.54, 1.807) is 0 Å². The van der Waals surface area contributed by atoms with Crippen molar-refractivity contribution < 1.29 is 4.79 Å². The van der Waals surface area contributed by atoms with Crippen molar-refractivity contribution in [3.63, 3.8) is 0 Å². The molecule has 0 spiro atoms. The zero-order valence-corrected chi connectivity index (χ0v) is 11.6. The summed E-state index contributed by atoms with van der Waals surface area (Å²) < 4.78 is 0. The Morgan fingerprint density at radius 3 is 2.63 bits per heavy atom. The summed E-state index contributed by atoms with van der Waals surface area (Å²) in [6.45, 7) is 1.54. The highest BCUT2D eigenvalue weighted by atomic mass is 16.1. The largest absolute Gasteiger partial charge is 0.355 e. The Morgan fingerprint density at radius 1 is 1.37 bits per heavy atom. The zero-order valence-electron chi connectivity index (χ0n) is 11.6.